The van der Waals surface area contributed by atoms with Gasteiger partial charge in [0.15, 0.2) is 0 Å². The van der Waals surface area contributed by atoms with E-state index in [-0.39, 0.29) is 5.92 Å². The molecule has 1 aromatic heterocycles. The van der Waals surface area contributed by atoms with E-state index >= 15 is 0 Å². The number of para-hydroxylation sites is 1. The molecule has 19 heavy (non-hydrogen) atoms. The molecule has 3 nitrogen and oxygen atoms in total. The van der Waals surface area contributed by atoms with Crippen LogP contribution in [-0.4, -0.2) is 12.3 Å². The first-order chi connectivity index (χ1) is 9.25. The van der Waals surface area contributed by atoms with Gasteiger partial charge in [0, 0.05) is 5.92 Å². The standard InChI is InChI=1S/C15H13FO3/c16-13-9-5-3-7-11(13)18-14-8-4-1-2-6-10(8)19-15(17)12(9)14/h1-2,4,6,9,11,13H,3,5,7H2. The molecular formula is C15H13FO3. The van der Waals surface area contributed by atoms with Crippen LogP contribution in [-0.2, 0) is 0 Å². The van der Waals surface area contributed by atoms with Crippen LogP contribution >= 0.6 is 0 Å². The minimum atomic E-state index is -1.09. The quantitative estimate of drug-likeness (QED) is 0.683. The first-order valence-corrected chi connectivity index (χ1v) is 6.62. The van der Waals surface area contributed by atoms with Crippen molar-refractivity contribution in [3.05, 3.63) is 40.2 Å². The zero-order valence-electron chi connectivity index (χ0n) is 10.3. The Kier molecular flexibility index (Phi) is 2.22. The van der Waals surface area contributed by atoms with Crippen LogP contribution in [0.2, 0.25) is 0 Å². The molecule has 4 rings (SSSR count). The number of fused-ring (bicyclic) bond motifs is 6. The number of rotatable bonds is 0. The molecule has 0 N–H and O–H groups in total. The zero-order chi connectivity index (χ0) is 13.0. The van der Waals surface area contributed by atoms with E-state index in [0.29, 0.717) is 29.7 Å². The predicted molar refractivity (Wildman–Crippen MR) is 68.4 cm³/mol. The van der Waals surface area contributed by atoms with E-state index in [2.05, 4.69) is 0 Å². The van der Waals surface area contributed by atoms with Crippen molar-refractivity contribution >= 4 is 11.0 Å². The third-order valence-corrected chi connectivity index (χ3v) is 4.18. The van der Waals surface area contributed by atoms with Crippen LogP contribution in [0.15, 0.2) is 33.5 Å². The summed E-state index contributed by atoms with van der Waals surface area (Å²) in [6.45, 7) is 0. The highest BCUT2D eigenvalue weighted by atomic mass is 19.1. The molecule has 1 fully saturated rings. The highest BCUT2D eigenvalue weighted by Gasteiger charge is 2.44. The zero-order valence-corrected chi connectivity index (χ0v) is 10.3. The SMILES string of the molecule is O=c1oc2ccccc2c2c1C1CCCC(O2)C1F. The molecule has 2 aromatic rings. The lowest BCUT2D eigenvalue weighted by molar-refractivity contribution is 0.0276. The Hall–Kier alpha value is -1.84. The third-order valence-electron chi connectivity index (χ3n) is 4.18. The van der Waals surface area contributed by atoms with E-state index in [1.54, 1.807) is 12.1 Å². The number of alkyl halides is 1. The minimum Gasteiger partial charge on any atom is -0.486 e. The van der Waals surface area contributed by atoms with Gasteiger partial charge in [0.2, 0.25) is 0 Å². The summed E-state index contributed by atoms with van der Waals surface area (Å²) in [5.41, 5.74) is 0.436. The maximum absolute atomic E-state index is 14.2. The highest BCUT2D eigenvalue weighted by molar-refractivity contribution is 5.85. The first-order valence-electron chi connectivity index (χ1n) is 6.62. The van der Waals surface area contributed by atoms with Gasteiger partial charge in [-0.05, 0) is 31.4 Å². The lowest BCUT2D eigenvalue weighted by Gasteiger charge is -2.38. The van der Waals surface area contributed by atoms with Crippen molar-refractivity contribution in [1.29, 1.82) is 0 Å². The Morgan fingerprint density at radius 1 is 1.21 bits per heavy atom. The fraction of sp³-hybridized carbons (Fsp3) is 0.400. The molecule has 3 atom stereocenters. The van der Waals surface area contributed by atoms with Crippen LogP contribution in [0, 0.1) is 0 Å². The minimum absolute atomic E-state index is 0.372. The van der Waals surface area contributed by atoms with Crippen molar-refractivity contribution in [2.45, 2.75) is 37.5 Å². The summed E-state index contributed by atoms with van der Waals surface area (Å²) in [5, 5.41) is 0.765. The molecule has 0 spiro atoms. The molecule has 0 radical (unpaired) electrons. The molecule has 0 saturated heterocycles. The fourth-order valence-electron chi connectivity index (χ4n) is 3.28. The smallest absolute Gasteiger partial charge is 0.343 e. The van der Waals surface area contributed by atoms with E-state index < -0.39 is 17.9 Å². The van der Waals surface area contributed by atoms with Crippen LogP contribution in [0.3, 0.4) is 0 Å². The van der Waals surface area contributed by atoms with Crippen LogP contribution in [0.4, 0.5) is 4.39 Å². The number of ether oxygens (including phenoxy) is 1. The predicted octanol–water partition coefficient (Wildman–Crippen LogP) is 3.16. The lowest BCUT2D eigenvalue weighted by Crippen LogP contribution is -2.43. The van der Waals surface area contributed by atoms with Crippen molar-refractivity contribution in [2.24, 2.45) is 0 Å². The molecule has 0 amide bonds. The molecular weight excluding hydrogens is 247 g/mol. The maximum Gasteiger partial charge on any atom is 0.343 e. The van der Waals surface area contributed by atoms with Crippen molar-refractivity contribution in [2.75, 3.05) is 0 Å². The fourth-order valence-corrected chi connectivity index (χ4v) is 3.28. The van der Waals surface area contributed by atoms with Gasteiger partial charge in [-0.25, -0.2) is 9.18 Å². The summed E-state index contributed by atoms with van der Waals surface area (Å²) in [6.07, 6.45) is 0.784. The Bertz CT molecular complexity index is 706. The largest absolute Gasteiger partial charge is 0.486 e. The average molecular weight is 260 g/mol. The third kappa shape index (κ3) is 1.46. The second-order valence-electron chi connectivity index (χ2n) is 5.27. The maximum atomic E-state index is 14.2. The van der Waals surface area contributed by atoms with Crippen molar-refractivity contribution < 1.29 is 13.5 Å². The normalized spacial score (nSPS) is 28.8. The average Bonchev–Trinajstić information content (AvgIpc) is 2.39. The van der Waals surface area contributed by atoms with Crippen LogP contribution in [0.25, 0.3) is 11.0 Å². The van der Waals surface area contributed by atoms with Gasteiger partial charge < -0.3 is 9.15 Å². The summed E-state index contributed by atoms with van der Waals surface area (Å²) in [6, 6.07) is 7.26. The molecule has 4 heteroatoms. The molecule has 2 heterocycles. The molecule has 3 unspecified atom stereocenters. The van der Waals surface area contributed by atoms with Gasteiger partial charge in [0.1, 0.15) is 23.6 Å². The van der Waals surface area contributed by atoms with Gasteiger partial charge in [0.05, 0.1) is 10.9 Å². The number of hydrogen-bond acceptors (Lipinski definition) is 3. The monoisotopic (exact) mass is 260 g/mol. The van der Waals surface area contributed by atoms with Gasteiger partial charge in [-0.15, -0.1) is 0 Å². The summed E-state index contributed by atoms with van der Waals surface area (Å²) < 4.78 is 25.3. The van der Waals surface area contributed by atoms with E-state index in [0.717, 1.165) is 11.8 Å². The topological polar surface area (TPSA) is 39.4 Å². The Morgan fingerprint density at radius 3 is 2.95 bits per heavy atom. The second-order valence-corrected chi connectivity index (χ2v) is 5.27. The van der Waals surface area contributed by atoms with Crippen LogP contribution in [0.5, 0.6) is 5.75 Å². The molecule has 2 bridgehead atoms. The summed E-state index contributed by atoms with van der Waals surface area (Å²) >= 11 is 0. The molecule has 1 aliphatic heterocycles. The van der Waals surface area contributed by atoms with Crippen molar-refractivity contribution in [1.82, 2.24) is 0 Å². The van der Waals surface area contributed by atoms with Gasteiger partial charge >= 0.3 is 5.63 Å². The number of hydrogen-bond donors (Lipinski definition) is 0. The summed E-state index contributed by atoms with van der Waals surface area (Å²) in [5.74, 6) is 0.166. The highest BCUT2D eigenvalue weighted by Crippen LogP contribution is 2.46. The second kappa shape index (κ2) is 3.83. The summed E-state index contributed by atoms with van der Waals surface area (Å²) in [7, 11) is 0. The Balaban J connectivity index is 2.06. The van der Waals surface area contributed by atoms with E-state index in [1.165, 1.54) is 0 Å². The van der Waals surface area contributed by atoms with E-state index in [9.17, 15) is 9.18 Å². The van der Waals surface area contributed by atoms with Gasteiger partial charge in [-0.2, -0.15) is 0 Å². The van der Waals surface area contributed by atoms with Gasteiger partial charge in [-0.3, -0.25) is 0 Å². The Morgan fingerprint density at radius 2 is 2.05 bits per heavy atom. The Labute approximate surface area is 109 Å². The van der Waals surface area contributed by atoms with Crippen molar-refractivity contribution in [3.8, 4) is 5.75 Å². The lowest BCUT2D eigenvalue weighted by atomic mass is 9.79. The number of halogens is 1. The van der Waals surface area contributed by atoms with Crippen LogP contribution < -0.4 is 10.4 Å². The van der Waals surface area contributed by atoms with Crippen molar-refractivity contribution in [3.63, 3.8) is 0 Å². The van der Waals surface area contributed by atoms with E-state index in [1.807, 2.05) is 12.1 Å². The first kappa shape index (κ1) is 11.0. The molecule has 2 aliphatic rings. The molecule has 98 valence electrons. The van der Waals surface area contributed by atoms with Crippen LogP contribution in [0.1, 0.15) is 30.7 Å². The molecule has 1 saturated carbocycles. The van der Waals surface area contributed by atoms with E-state index in [4.69, 9.17) is 9.15 Å². The van der Waals surface area contributed by atoms with Gasteiger partial charge in [-0.1, -0.05) is 12.1 Å². The van der Waals surface area contributed by atoms with Gasteiger partial charge in [0.25, 0.3) is 0 Å². The number of benzene rings is 1. The summed E-state index contributed by atoms with van der Waals surface area (Å²) in [4.78, 5) is 12.1. The molecule has 1 aromatic carbocycles. The molecule has 1 aliphatic carbocycles.